The molecule has 1 aliphatic rings. The van der Waals surface area contributed by atoms with Gasteiger partial charge in [-0.2, -0.15) is 0 Å². The molecule has 1 aromatic heterocycles. The SMILES string of the molecule is CCCCCCCCCCCCCCCCCCOc1ccccc1NC(=O)CN1NC(=Nc2ccccc2C)C(n2nnc3c(C)cccc32)C1=O. The Morgan fingerprint density at radius 1 is 0.774 bits per heavy atom. The maximum atomic E-state index is 13.9. The maximum absolute atomic E-state index is 13.9. The highest BCUT2D eigenvalue weighted by atomic mass is 16.5. The van der Waals surface area contributed by atoms with Crippen LogP contribution in [0.3, 0.4) is 0 Å². The van der Waals surface area contributed by atoms with Crippen LogP contribution in [-0.2, 0) is 9.59 Å². The fourth-order valence-corrected chi connectivity index (χ4v) is 6.91. The molecule has 1 fully saturated rings. The van der Waals surface area contributed by atoms with Crippen LogP contribution in [0.5, 0.6) is 5.75 Å². The van der Waals surface area contributed by atoms with Gasteiger partial charge >= 0.3 is 0 Å². The van der Waals surface area contributed by atoms with Crippen LogP contribution in [0.1, 0.15) is 127 Å². The number of amidine groups is 1. The number of carbonyl (C=O) groups is 2. The quantitative estimate of drug-likeness (QED) is 0.0738. The Labute approximate surface area is 315 Å². The van der Waals surface area contributed by atoms with E-state index in [9.17, 15) is 9.59 Å². The summed E-state index contributed by atoms with van der Waals surface area (Å²) < 4.78 is 7.69. The van der Waals surface area contributed by atoms with E-state index in [0.717, 1.165) is 29.7 Å². The molecule has 2 N–H and O–H groups in total. The van der Waals surface area contributed by atoms with Gasteiger partial charge in [-0.15, -0.1) is 5.10 Å². The number of aromatic nitrogens is 3. The highest BCUT2D eigenvalue weighted by Crippen LogP contribution is 2.28. The van der Waals surface area contributed by atoms with Gasteiger partial charge in [-0.25, -0.2) is 14.7 Å². The van der Waals surface area contributed by atoms with Crippen molar-refractivity contribution in [2.75, 3.05) is 18.5 Å². The molecule has 2 amide bonds. The minimum Gasteiger partial charge on any atom is -0.491 e. The first-order chi connectivity index (χ1) is 26.0. The van der Waals surface area contributed by atoms with E-state index in [1.165, 1.54) is 94.9 Å². The number of fused-ring (bicyclic) bond motifs is 1. The Morgan fingerprint density at radius 3 is 2.06 bits per heavy atom. The summed E-state index contributed by atoms with van der Waals surface area (Å²) >= 11 is 0. The van der Waals surface area contributed by atoms with Crippen molar-refractivity contribution in [3.63, 3.8) is 0 Å². The number of amides is 2. The number of rotatable bonds is 23. The monoisotopic (exact) mass is 721 g/mol. The highest BCUT2D eigenvalue weighted by Gasteiger charge is 2.41. The van der Waals surface area contributed by atoms with E-state index in [2.05, 4.69) is 28.0 Å². The van der Waals surface area contributed by atoms with Crippen LogP contribution in [0, 0.1) is 13.8 Å². The molecule has 10 heteroatoms. The molecule has 1 atom stereocenters. The summed E-state index contributed by atoms with van der Waals surface area (Å²) in [4.78, 5) is 32.2. The zero-order valence-corrected chi connectivity index (χ0v) is 32.1. The fraction of sp³-hybridized carbons (Fsp3) is 0.512. The number of hydrogen-bond donors (Lipinski definition) is 2. The highest BCUT2D eigenvalue weighted by molar-refractivity contribution is 6.12. The molecule has 1 saturated heterocycles. The number of aryl methyl sites for hydroxylation is 2. The minimum atomic E-state index is -0.912. The van der Waals surface area contributed by atoms with Crippen molar-refractivity contribution in [1.29, 1.82) is 0 Å². The van der Waals surface area contributed by atoms with Crippen LogP contribution in [0.4, 0.5) is 11.4 Å². The molecule has 4 aromatic rings. The third-order valence-electron chi connectivity index (χ3n) is 10.0. The second kappa shape index (κ2) is 21.1. The lowest BCUT2D eigenvalue weighted by Crippen LogP contribution is -2.41. The smallest absolute Gasteiger partial charge is 0.274 e. The van der Waals surface area contributed by atoms with Crippen molar-refractivity contribution in [2.24, 2.45) is 4.99 Å². The summed E-state index contributed by atoms with van der Waals surface area (Å²) in [6.45, 7) is 6.55. The summed E-state index contributed by atoms with van der Waals surface area (Å²) in [7, 11) is 0. The summed E-state index contributed by atoms with van der Waals surface area (Å²) in [6, 6.07) is 20.0. The first-order valence-corrected chi connectivity index (χ1v) is 20.0. The van der Waals surface area contributed by atoms with E-state index < -0.39 is 6.04 Å². The number of hydrazine groups is 1. The van der Waals surface area contributed by atoms with E-state index in [1.807, 2.05) is 80.6 Å². The van der Waals surface area contributed by atoms with Crippen molar-refractivity contribution < 1.29 is 14.3 Å². The van der Waals surface area contributed by atoms with Crippen LogP contribution in [0.25, 0.3) is 11.0 Å². The van der Waals surface area contributed by atoms with Crippen molar-refractivity contribution >= 4 is 40.1 Å². The molecule has 5 rings (SSSR count). The number of aliphatic imine (C=N–C) groups is 1. The van der Waals surface area contributed by atoms with Crippen molar-refractivity contribution in [1.82, 2.24) is 25.4 Å². The van der Waals surface area contributed by atoms with Gasteiger partial charge in [-0.3, -0.25) is 15.0 Å². The minimum absolute atomic E-state index is 0.235. The van der Waals surface area contributed by atoms with Gasteiger partial charge in [0.05, 0.1) is 23.5 Å². The number of para-hydroxylation sites is 3. The Balaban J connectivity index is 1.06. The van der Waals surface area contributed by atoms with Gasteiger partial charge in [0.25, 0.3) is 5.91 Å². The zero-order valence-electron chi connectivity index (χ0n) is 32.1. The molecule has 0 saturated carbocycles. The average molecular weight is 722 g/mol. The van der Waals surface area contributed by atoms with Crippen LogP contribution in [0.2, 0.25) is 0 Å². The molecular formula is C43H59N7O3. The molecule has 0 aliphatic carbocycles. The zero-order chi connectivity index (χ0) is 37.3. The van der Waals surface area contributed by atoms with Gasteiger partial charge in [-0.05, 0) is 55.7 Å². The number of ether oxygens (including phenoxy) is 1. The molecule has 1 unspecified atom stereocenters. The molecule has 0 spiro atoms. The number of nitrogens with zero attached hydrogens (tertiary/aromatic N) is 5. The predicted molar refractivity (Wildman–Crippen MR) is 215 cm³/mol. The predicted octanol–water partition coefficient (Wildman–Crippen LogP) is 9.95. The van der Waals surface area contributed by atoms with E-state index in [0.29, 0.717) is 34.9 Å². The third kappa shape index (κ3) is 11.6. The summed E-state index contributed by atoms with van der Waals surface area (Å²) in [5.41, 5.74) is 7.73. The average Bonchev–Trinajstić information content (AvgIpc) is 3.71. The normalized spacial score (nSPS) is 15.0. The van der Waals surface area contributed by atoms with Crippen LogP contribution in [-0.4, -0.2) is 50.8 Å². The molecular weight excluding hydrogens is 663 g/mol. The van der Waals surface area contributed by atoms with Crippen LogP contribution < -0.4 is 15.5 Å². The second-order valence-electron chi connectivity index (χ2n) is 14.4. The number of hydrogen-bond acceptors (Lipinski definition) is 6. The molecule has 10 nitrogen and oxygen atoms in total. The standard InChI is InChI=1S/C43H59N7O3/c1-4-5-6-7-8-9-10-11-12-13-14-15-16-17-18-23-31-53-38-30-22-21-28-36(38)44-39(51)32-49-43(52)41(42(47-49)45-35-27-20-19-25-33(35)2)50-37-29-24-26-34(3)40(37)46-48-50/h19-22,24-30,41H,4-18,23,31-32H2,1-3H3,(H,44,51)(H,45,47). The first-order valence-electron chi connectivity index (χ1n) is 20.0. The van der Waals surface area contributed by atoms with Crippen molar-refractivity contribution in [3.8, 4) is 5.75 Å². The number of nitrogens with one attached hydrogen (secondary N) is 2. The number of carbonyl (C=O) groups excluding carboxylic acids is 2. The Bertz CT molecular complexity index is 1780. The van der Waals surface area contributed by atoms with Gasteiger partial charge < -0.3 is 10.1 Å². The van der Waals surface area contributed by atoms with Crippen LogP contribution >= 0.6 is 0 Å². The molecule has 0 bridgehead atoms. The summed E-state index contributed by atoms with van der Waals surface area (Å²) in [5, 5.41) is 13.0. The van der Waals surface area contributed by atoms with E-state index in [4.69, 9.17) is 9.73 Å². The topological polar surface area (TPSA) is 114 Å². The van der Waals surface area contributed by atoms with E-state index >= 15 is 0 Å². The number of unbranched alkanes of at least 4 members (excludes halogenated alkanes) is 15. The third-order valence-corrected chi connectivity index (χ3v) is 10.0. The lowest BCUT2D eigenvalue weighted by atomic mass is 10.0. The largest absolute Gasteiger partial charge is 0.491 e. The fourth-order valence-electron chi connectivity index (χ4n) is 6.91. The lowest BCUT2D eigenvalue weighted by Gasteiger charge is -2.17. The van der Waals surface area contributed by atoms with Gasteiger partial charge in [0.15, 0.2) is 11.9 Å². The second-order valence-corrected chi connectivity index (χ2v) is 14.4. The molecule has 284 valence electrons. The molecule has 1 aliphatic heterocycles. The summed E-state index contributed by atoms with van der Waals surface area (Å²) in [5.74, 6) is 0.271. The Morgan fingerprint density at radius 2 is 1.38 bits per heavy atom. The molecule has 3 aromatic carbocycles. The number of benzene rings is 3. The van der Waals surface area contributed by atoms with Gasteiger partial charge in [0, 0.05) is 0 Å². The van der Waals surface area contributed by atoms with E-state index in [1.54, 1.807) is 4.68 Å². The molecule has 0 radical (unpaired) electrons. The van der Waals surface area contributed by atoms with E-state index in [-0.39, 0.29) is 18.4 Å². The van der Waals surface area contributed by atoms with Crippen LogP contribution in [0.15, 0.2) is 71.7 Å². The first kappa shape index (κ1) is 39.5. The lowest BCUT2D eigenvalue weighted by molar-refractivity contribution is -0.135. The molecule has 53 heavy (non-hydrogen) atoms. The number of anilines is 1. The molecule has 2 heterocycles. The van der Waals surface area contributed by atoms with Crippen molar-refractivity contribution in [3.05, 3.63) is 77.9 Å². The van der Waals surface area contributed by atoms with Gasteiger partial charge in [0.2, 0.25) is 5.91 Å². The summed E-state index contributed by atoms with van der Waals surface area (Å²) in [6.07, 6.45) is 21.2. The van der Waals surface area contributed by atoms with Gasteiger partial charge in [0.1, 0.15) is 17.8 Å². The van der Waals surface area contributed by atoms with Gasteiger partial charge in [-0.1, -0.05) is 151 Å². The Kier molecular flexibility index (Phi) is 15.7. The Hall–Kier alpha value is -4.73. The van der Waals surface area contributed by atoms with Crippen molar-refractivity contribution in [2.45, 2.75) is 130 Å². The maximum Gasteiger partial charge on any atom is 0.274 e.